The highest BCUT2D eigenvalue weighted by atomic mass is 32.2. The van der Waals surface area contributed by atoms with Crippen molar-refractivity contribution in [2.45, 2.75) is 23.3 Å². The lowest BCUT2D eigenvalue weighted by Gasteiger charge is -2.33. The van der Waals surface area contributed by atoms with Gasteiger partial charge >= 0.3 is 0 Å². The maximum absolute atomic E-state index is 13.0. The molecule has 1 unspecified atom stereocenters. The molecule has 3 aliphatic heterocycles. The summed E-state index contributed by atoms with van der Waals surface area (Å²) in [5.74, 6) is 0.844. The van der Waals surface area contributed by atoms with Gasteiger partial charge in [-0.2, -0.15) is 4.31 Å². The van der Waals surface area contributed by atoms with Crippen molar-refractivity contribution in [1.29, 1.82) is 0 Å². The Balaban J connectivity index is 1.56. The van der Waals surface area contributed by atoms with E-state index in [1.165, 1.54) is 16.4 Å². The Morgan fingerprint density at radius 1 is 1.16 bits per heavy atom. The molecule has 3 heterocycles. The van der Waals surface area contributed by atoms with Crippen molar-refractivity contribution < 1.29 is 27.4 Å². The van der Waals surface area contributed by atoms with Crippen LogP contribution in [0.3, 0.4) is 0 Å². The Labute approximate surface area is 146 Å². The van der Waals surface area contributed by atoms with Crippen LogP contribution < -0.4 is 14.8 Å². The molecule has 1 amide bonds. The molecule has 8 nitrogen and oxygen atoms in total. The molecule has 1 atom stereocenters. The van der Waals surface area contributed by atoms with Crippen molar-refractivity contribution in [2.75, 3.05) is 39.5 Å². The summed E-state index contributed by atoms with van der Waals surface area (Å²) in [6.45, 7) is 1.93. The van der Waals surface area contributed by atoms with E-state index < -0.39 is 15.6 Å². The van der Waals surface area contributed by atoms with Crippen molar-refractivity contribution in [3.63, 3.8) is 0 Å². The second kappa shape index (κ2) is 6.15. The van der Waals surface area contributed by atoms with Gasteiger partial charge in [0.2, 0.25) is 15.9 Å². The van der Waals surface area contributed by atoms with Crippen LogP contribution in [0.25, 0.3) is 0 Å². The molecule has 2 saturated heterocycles. The minimum absolute atomic E-state index is 0.0298. The molecule has 0 bridgehead atoms. The zero-order chi connectivity index (χ0) is 17.5. The van der Waals surface area contributed by atoms with Crippen LogP contribution >= 0.6 is 0 Å². The standard InChI is InChI=1S/C16H20N2O6S/c19-15-9-24-16(10-17-15)4-5-18(11-16)25(20,21)12-2-3-13-14(8-12)23-7-1-6-22-13/h2-3,8H,1,4-7,9-11H2,(H,17,19). The Kier molecular flexibility index (Phi) is 4.09. The van der Waals surface area contributed by atoms with Gasteiger partial charge in [0.1, 0.15) is 12.2 Å². The third-order valence-electron chi connectivity index (χ3n) is 4.76. The molecule has 1 spiro atoms. The molecule has 0 aromatic heterocycles. The Bertz CT molecular complexity index is 784. The van der Waals surface area contributed by atoms with E-state index in [4.69, 9.17) is 14.2 Å². The molecule has 9 heteroatoms. The fraction of sp³-hybridized carbons (Fsp3) is 0.562. The van der Waals surface area contributed by atoms with E-state index in [9.17, 15) is 13.2 Å². The quantitative estimate of drug-likeness (QED) is 0.797. The van der Waals surface area contributed by atoms with E-state index >= 15 is 0 Å². The Morgan fingerprint density at radius 2 is 1.96 bits per heavy atom. The SMILES string of the molecule is O=C1COC2(CCN(S(=O)(=O)c3ccc4c(c3)OCCCO4)C2)CN1. The molecular weight excluding hydrogens is 348 g/mol. The summed E-state index contributed by atoms with van der Waals surface area (Å²) in [6.07, 6.45) is 1.31. The summed E-state index contributed by atoms with van der Waals surface area (Å²) in [5, 5.41) is 2.75. The van der Waals surface area contributed by atoms with E-state index in [2.05, 4.69) is 5.32 Å². The van der Waals surface area contributed by atoms with Gasteiger partial charge in [-0.1, -0.05) is 0 Å². The fourth-order valence-corrected chi connectivity index (χ4v) is 4.84. The number of sulfonamides is 1. The number of nitrogens with one attached hydrogen (secondary N) is 1. The van der Waals surface area contributed by atoms with Gasteiger partial charge < -0.3 is 19.5 Å². The van der Waals surface area contributed by atoms with Crippen molar-refractivity contribution in [3.8, 4) is 11.5 Å². The highest BCUT2D eigenvalue weighted by Crippen LogP contribution is 2.35. The van der Waals surface area contributed by atoms with Gasteiger partial charge in [-0.05, 0) is 18.6 Å². The number of benzene rings is 1. The maximum atomic E-state index is 13.0. The average molecular weight is 368 g/mol. The van der Waals surface area contributed by atoms with E-state index in [1.807, 2.05) is 0 Å². The molecule has 0 saturated carbocycles. The summed E-state index contributed by atoms with van der Waals surface area (Å²) in [7, 11) is -3.67. The number of rotatable bonds is 2. The lowest BCUT2D eigenvalue weighted by molar-refractivity contribution is -0.141. The van der Waals surface area contributed by atoms with Gasteiger partial charge in [0.05, 0.1) is 18.1 Å². The van der Waals surface area contributed by atoms with Gasteiger partial charge in [-0.3, -0.25) is 4.79 Å². The first-order valence-electron chi connectivity index (χ1n) is 8.29. The summed E-state index contributed by atoms with van der Waals surface area (Å²) in [6, 6.07) is 4.69. The highest BCUT2D eigenvalue weighted by molar-refractivity contribution is 7.89. The molecule has 2 fully saturated rings. The van der Waals surface area contributed by atoms with Crippen molar-refractivity contribution >= 4 is 15.9 Å². The summed E-state index contributed by atoms with van der Waals surface area (Å²) in [5.41, 5.74) is -0.633. The minimum Gasteiger partial charge on any atom is -0.490 e. The zero-order valence-corrected chi connectivity index (χ0v) is 14.5. The third-order valence-corrected chi connectivity index (χ3v) is 6.60. The number of amides is 1. The largest absolute Gasteiger partial charge is 0.490 e. The first kappa shape index (κ1) is 16.6. The number of morpholine rings is 1. The number of carbonyl (C=O) groups excluding carboxylic acids is 1. The van der Waals surface area contributed by atoms with Gasteiger partial charge in [-0.25, -0.2) is 8.42 Å². The van der Waals surface area contributed by atoms with E-state index in [0.29, 0.717) is 44.2 Å². The predicted octanol–water partition coefficient (Wildman–Crippen LogP) is 0.128. The second-order valence-corrected chi connectivity index (χ2v) is 8.43. The molecule has 25 heavy (non-hydrogen) atoms. The molecule has 1 aromatic rings. The van der Waals surface area contributed by atoms with Gasteiger partial charge in [0, 0.05) is 32.1 Å². The first-order chi connectivity index (χ1) is 12.0. The summed E-state index contributed by atoms with van der Waals surface area (Å²) >= 11 is 0. The number of fused-ring (bicyclic) bond motifs is 1. The van der Waals surface area contributed by atoms with Crippen LogP contribution in [-0.4, -0.2) is 63.7 Å². The average Bonchev–Trinajstić information content (AvgIpc) is 2.88. The van der Waals surface area contributed by atoms with Crippen LogP contribution in [0, 0.1) is 0 Å². The zero-order valence-electron chi connectivity index (χ0n) is 13.7. The number of ether oxygens (including phenoxy) is 3. The second-order valence-electron chi connectivity index (χ2n) is 6.50. The van der Waals surface area contributed by atoms with Crippen LogP contribution in [0.2, 0.25) is 0 Å². The predicted molar refractivity (Wildman–Crippen MR) is 87.1 cm³/mol. The normalized spacial score (nSPS) is 27.1. The topological polar surface area (TPSA) is 94.2 Å². The van der Waals surface area contributed by atoms with Crippen molar-refractivity contribution in [1.82, 2.24) is 9.62 Å². The van der Waals surface area contributed by atoms with Gasteiger partial charge in [0.25, 0.3) is 0 Å². The van der Waals surface area contributed by atoms with E-state index in [1.54, 1.807) is 6.07 Å². The molecule has 3 aliphatic rings. The van der Waals surface area contributed by atoms with E-state index in [-0.39, 0.29) is 24.0 Å². The van der Waals surface area contributed by atoms with Crippen molar-refractivity contribution in [3.05, 3.63) is 18.2 Å². The lowest BCUT2D eigenvalue weighted by atomic mass is 10.0. The van der Waals surface area contributed by atoms with Crippen LogP contribution in [0.15, 0.2) is 23.1 Å². The number of hydrogen-bond acceptors (Lipinski definition) is 6. The number of nitrogens with zero attached hydrogens (tertiary/aromatic N) is 1. The van der Waals surface area contributed by atoms with Gasteiger partial charge in [-0.15, -0.1) is 0 Å². The summed E-state index contributed by atoms with van der Waals surface area (Å²) < 4.78 is 44.2. The molecule has 0 aliphatic carbocycles. The molecule has 1 N–H and O–H groups in total. The summed E-state index contributed by atoms with van der Waals surface area (Å²) in [4.78, 5) is 11.4. The minimum atomic E-state index is -3.67. The smallest absolute Gasteiger partial charge is 0.246 e. The van der Waals surface area contributed by atoms with Crippen LogP contribution in [0.1, 0.15) is 12.8 Å². The van der Waals surface area contributed by atoms with Gasteiger partial charge in [0.15, 0.2) is 11.5 Å². The third kappa shape index (κ3) is 3.07. The lowest BCUT2D eigenvalue weighted by Crippen LogP contribution is -2.54. The molecule has 4 rings (SSSR count). The number of carbonyl (C=O) groups is 1. The monoisotopic (exact) mass is 368 g/mol. The maximum Gasteiger partial charge on any atom is 0.246 e. The first-order valence-corrected chi connectivity index (χ1v) is 9.73. The number of hydrogen-bond donors (Lipinski definition) is 1. The molecule has 0 radical (unpaired) electrons. The Morgan fingerprint density at radius 3 is 2.72 bits per heavy atom. The van der Waals surface area contributed by atoms with Crippen molar-refractivity contribution in [2.24, 2.45) is 0 Å². The highest BCUT2D eigenvalue weighted by Gasteiger charge is 2.46. The van der Waals surface area contributed by atoms with Crippen LogP contribution in [0.4, 0.5) is 0 Å². The van der Waals surface area contributed by atoms with Crippen LogP contribution in [0.5, 0.6) is 11.5 Å². The molecular formula is C16H20N2O6S. The fourth-order valence-electron chi connectivity index (χ4n) is 3.31. The van der Waals surface area contributed by atoms with E-state index in [0.717, 1.165) is 6.42 Å². The Hall–Kier alpha value is -1.84. The van der Waals surface area contributed by atoms with Crippen LogP contribution in [-0.2, 0) is 19.6 Å². The molecule has 136 valence electrons. The molecule has 1 aromatic carbocycles.